The molecule has 1 heteroatoms. The summed E-state index contributed by atoms with van der Waals surface area (Å²) in [5.74, 6) is 0. The van der Waals surface area contributed by atoms with Crippen molar-refractivity contribution in [3.05, 3.63) is 0 Å². The summed E-state index contributed by atoms with van der Waals surface area (Å²) in [5.41, 5.74) is 1.05. The van der Waals surface area contributed by atoms with Gasteiger partial charge >= 0.3 is 0 Å². The zero-order chi connectivity index (χ0) is 10.9. The van der Waals surface area contributed by atoms with Gasteiger partial charge in [0.05, 0.1) is 5.60 Å². The molecule has 1 nitrogen and oxygen atoms in total. The van der Waals surface area contributed by atoms with Crippen molar-refractivity contribution in [3.63, 3.8) is 0 Å². The van der Waals surface area contributed by atoms with Gasteiger partial charge in [0.25, 0.3) is 0 Å². The Morgan fingerprint density at radius 1 is 0.867 bits per heavy atom. The zero-order valence-electron chi connectivity index (χ0n) is 10.4. The first-order valence-corrected chi connectivity index (χ1v) is 6.53. The molecule has 4 bridgehead atoms. The van der Waals surface area contributed by atoms with Gasteiger partial charge in [-0.1, -0.05) is 27.2 Å². The largest absolute Gasteiger partial charge is 0.390 e. The second-order valence-corrected chi connectivity index (χ2v) is 7.76. The highest BCUT2D eigenvalue weighted by molar-refractivity contribution is 5.15. The van der Waals surface area contributed by atoms with Crippen molar-refractivity contribution >= 4 is 0 Å². The van der Waals surface area contributed by atoms with E-state index in [-0.39, 0.29) is 5.60 Å². The Morgan fingerprint density at radius 2 is 1.40 bits per heavy atom. The predicted molar refractivity (Wildman–Crippen MR) is 61.6 cm³/mol. The van der Waals surface area contributed by atoms with Crippen LogP contribution in [0.25, 0.3) is 0 Å². The van der Waals surface area contributed by atoms with Gasteiger partial charge in [-0.15, -0.1) is 0 Å². The molecule has 4 rings (SSSR count). The summed E-state index contributed by atoms with van der Waals surface area (Å²) < 4.78 is 0. The van der Waals surface area contributed by atoms with E-state index in [1.54, 1.807) is 0 Å². The van der Waals surface area contributed by atoms with Crippen LogP contribution in [0.2, 0.25) is 0 Å². The second-order valence-electron chi connectivity index (χ2n) is 7.76. The number of rotatable bonds is 1. The average molecular weight is 208 g/mol. The first-order chi connectivity index (χ1) is 6.80. The summed E-state index contributed by atoms with van der Waals surface area (Å²) in [6, 6.07) is 0. The summed E-state index contributed by atoms with van der Waals surface area (Å²) in [5, 5.41) is 10.7. The Kier molecular flexibility index (Phi) is 1.65. The Labute approximate surface area is 93.3 Å². The average Bonchev–Trinajstić information content (AvgIpc) is 1.94. The van der Waals surface area contributed by atoms with Crippen LogP contribution in [0.4, 0.5) is 0 Å². The SMILES string of the molecule is CCC12CC3(C)CC(C)(CC(O)(C3)C1)C2. The third-order valence-electron chi connectivity index (χ3n) is 5.42. The van der Waals surface area contributed by atoms with Gasteiger partial charge in [-0.2, -0.15) is 0 Å². The van der Waals surface area contributed by atoms with Crippen LogP contribution in [-0.2, 0) is 0 Å². The molecule has 0 aromatic heterocycles. The third-order valence-corrected chi connectivity index (χ3v) is 5.42. The molecule has 1 N–H and O–H groups in total. The molecule has 0 aromatic rings. The summed E-state index contributed by atoms with van der Waals surface area (Å²) in [6.45, 7) is 7.15. The number of aliphatic hydroxyl groups is 1. The molecular weight excluding hydrogens is 184 g/mol. The van der Waals surface area contributed by atoms with Gasteiger partial charge in [0.15, 0.2) is 0 Å². The highest BCUT2D eigenvalue weighted by atomic mass is 16.3. The smallest absolute Gasteiger partial charge is 0.0663 e. The van der Waals surface area contributed by atoms with Crippen LogP contribution in [0.15, 0.2) is 0 Å². The number of hydrogen-bond acceptors (Lipinski definition) is 1. The molecule has 0 aliphatic heterocycles. The summed E-state index contributed by atoms with van der Waals surface area (Å²) >= 11 is 0. The van der Waals surface area contributed by atoms with E-state index in [1.807, 2.05) is 0 Å². The molecule has 0 heterocycles. The van der Waals surface area contributed by atoms with Gasteiger partial charge < -0.3 is 5.11 Å². The molecule has 0 amide bonds. The van der Waals surface area contributed by atoms with E-state index in [2.05, 4.69) is 20.8 Å². The number of hydrogen-bond donors (Lipinski definition) is 1. The Balaban J connectivity index is 2.06. The van der Waals surface area contributed by atoms with Crippen LogP contribution < -0.4 is 0 Å². The molecule has 0 saturated heterocycles. The van der Waals surface area contributed by atoms with E-state index in [9.17, 15) is 5.11 Å². The monoisotopic (exact) mass is 208 g/mol. The van der Waals surface area contributed by atoms with E-state index in [0.717, 1.165) is 19.3 Å². The maximum absolute atomic E-state index is 10.7. The minimum absolute atomic E-state index is 0.311. The van der Waals surface area contributed by atoms with Gasteiger partial charge in [-0.3, -0.25) is 0 Å². The van der Waals surface area contributed by atoms with Crippen LogP contribution in [0.5, 0.6) is 0 Å². The topological polar surface area (TPSA) is 20.2 Å². The molecule has 4 aliphatic carbocycles. The summed E-state index contributed by atoms with van der Waals surface area (Å²) in [6.07, 6.45) is 8.57. The highest BCUT2D eigenvalue weighted by Crippen LogP contribution is 2.71. The molecule has 86 valence electrons. The van der Waals surface area contributed by atoms with Gasteiger partial charge in [0.1, 0.15) is 0 Å². The fourth-order valence-electron chi connectivity index (χ4n) is 6.25. The van der Waals surface area contributed by atoms with Crippen molar-refractivity contribution in [2.45, 2.75) is 71.3 Å². The fourth-order valence-corrected chi connectivity index (χ4v) is 6.25. The molecule has 0 radical (unpaired) electrons. The molecule has 15 heavy (non-hydrogen) atoms. The lowest BCUT2D eigenvalue weighted by atomic mass is 9.38. The summed E-state index contributed by atoms with van der Waals surface area (Å²) in [4.78, 5) is 0. The molecule has 4 saturated carbocycles. The molecule has 2 unspecified atom stereocenters. The van der Waals surface area contributed by atoms with Gasteiger partial charge in [-0.05, 0) is 54.8 Å². The zero-order valence-corrected chi connectivity index (χ0v) is 10.4. The first-order valence-electron chi connectivity index (χ1n) is 6.53. The lowest BCUT2D eigenvalue weighted by Gasteiger charge is -2.68. The van der Waals surface area contributed by atoms with Crippen molar-refractivity contribution in [2.24, 2.45) is 16.2 Å². The lowest BCUT2D eigenvalue weighted by Crippen LogP contribution is -2.62. The van der Waals surface area contributed by atoms with E-state index >= 15 is 0 Å². The molecule has 2 atom stereocenters. The van der Waals surface area contributed by atoms with Crippen molar-refractivity contribution in [2.75, 3.05) is 0 Å². The quantitative estimate of drug-likeness (QED) is 0.699. The predicted octanol–water partition coefficient (Wildman–Crippen LogP) is 3.51. The van der Waals surface area contributed by atoms with Crippen LogP contribution >= 0.6 is 0 Å². The Bertz CT molecular complexity index is 253. The van der Waals surface area contributed by atoms with Crippen LogP contribution in [0.3, 0.4) is 0 Å². The first kappa shape index (κ1) is 10.1. The van der Waals surface area contributed by atoms with E-state index in [4.69, 9.17) is 0 Å². The molecule has 0 aromatic carbocycles. The third kappa shape index (κ3) is 1.32. The van der Waals surface area contributed by atoms with E-state index < -0.39 is 0 Å². The Hall–Kier alpha value is -0.0400. The standard InChI is InChI=1S/C14H24O/c1-4-13-6-11(2)5-12(3,7-13)9-14(15,8-11)10-13/h15H,4-10H2,1-3H3. The maximum Gasteiger partial charge on any atom is 0.0663 e. The maximum atomic E-state index is 10.7. The summed E-state index contributed by atoms with van der Waals surface area (Å²) in [7, 11) is 0. The second kappa shape index (κ2) is 2.45. The van der Waals surface area contributed by atoms with Gasteiger partial charge in [-0.25, -0.2) is 0 Å². The van der Waals surface area contributed by atoms with Gasteiger partial charge in [0.2, 0.25) is 0 Å². The fraction of sp³-hybridized carbons (Fsp3) is 1.00. The highest BCUT2D eigenvalue weighted by Gasteiger charge is 2.64. The minimum atomic E-state index is -0.311. The van der Waals surface area contributed by atoms with Gasteiger partial charge in [0, 0.05) is 0 Å². The lowest BCUT2D eigenvalue weighted by molar-refractivity contribution is -0.225. The van der Waals surface area contributed by atoms with Crippen LogP contribution in [0.1, 0.15) is 65.7 Å². The van der Waals surface area contributed by atoms with Crippen molar-refractivity contribution in [3.8, 4) is 0 Å². The van der Waals surface area contributed by atoms with Crippen molar-refractivity contribution < 1.29 is 5.11 Å². The van der Waals surface area contributed by atoms with Crippen molar-refractivity contribution in [1.82, 2.24) is 0 Å². The van der Waals surface area contributed by atoms with E-state index in [1.165, 1.54) is 25.7 Å². The van der Waals surface area contributed by atoms with Crippen molar-refractivity contribution in [1.29, 1.82) is 0 Å². The van der Waals surface area contributed by atoms with Crippen LogP contribution in [-0.4, -0.2) is 10.7 Å². The molecular formula is C14H24O. The van der Waals surface area contributed by atoms with E-state index in [0.29, 0.717) is 16.2 Å². The normalized spacial score (nSPS) is 62.4. The molecule has 4 aliphatic rings. The Morgan fingerprint density at radius 3 is 1.80 bits per heavy atom. The molecule has 4 fully saturated rings. The minimum Gasteiger partial charge on any atom is -0.390 e. The molecule has 0 spiro atoms. The van der Waals surface area contributed by atoms with Crippen LogP contribution in [0, 0.1) is 16.2 Å².